The minimum atomic E-state index is -4.69. The number of hydrogen-bond acceptors (Lipinski definition) is 3. The van der Waals surface area contributed by atoms with Crippen molar-refractivity contribution >= 4 is 0 Å². The van der Waals surface area contributed by atoms with Crippen molar-refractivity contribution in [2.24, 2.45) is 0 Å². The molecule has 0 amide bonds. The standard InChI is InChI=1S/C15H16F3NO2/c1-2-7-19-10-14-13(6-8-20-14)11-4-3-5-12(9-11)21-15(16,17)18/h3-6,8-9,19H,2,7,10H2,1H3. The van der Waals surface area contributed by atoms with Gasteiger partial charge in [-0.15, -0.1) is 13.2 Å². The topological polar surface area (TPSA) is 34.4 Å². The van der Waals surface area contributed by atoms with Crippen LogP contribution in [0.3, 0.4) is 0 Å². The SMILES string of the molecule is CCCNCc1occc1-c1cccc(OC(F)(F)F)c1. The van der Waals surface area contributed by atoms with Gasteiger partial charge in [0.25, 0.3) is 0 Å². The van der Waals surface area contributed by atoms with Gasteiger partial charge in [-0.3, -0.25) is 0 Å². The molecular weight excluding hydrogens is 283 g/mol. The van der Waals surface area contributed by atoms with E-state index in [-0.39, 0.29) is 5.75 Å². The van der Waals surface area contributed by atoms with Gasteiger partial charge in [-0.05, 0) is 36.7 Å². The van der Waals surface area contributed by atoms with Crippen LogP contribution in [0.1, 0.15) is 19.1 Å². The van der Waals surface area contributed by atoms with Crippen LogP contribution >= 0.6 is 0 Å². The lowest BCUT2D eigenvalue weighted by molar-refractivity contribution is -0.274. The van der Waals surface area contributed by atoms with Crippen molar-refractivity contribution in [3.63, 3.8) is 0 Å². The lowest BCUT2D eigenvalue weighted by Gasteiger charge is -2.10. The van der Waals surface area contributed by atoms with E-state index in [4.69, 9.17) is 4.42 Å². The van der Waals surface area contributed by atoms with Gasteiger partial charge >= 0.3 is 6.36 Å². The van der Waals surface area contributed by atoms with Crippen molar-refractivity contribution in [1.82, 2.24) is 5.32 Å². The molecule has 114 valence electrons. The highest BCUT2D eigenvalue weighted by molar-refractivity contribution is 5.66. The van der Waals surface area contributed by atoms with Gasteiger partial charge in [0.05, 0.1) is 12.8 Å². The molecule has 0 atom stereocenters. The molecule has 0 aliphatic heterocycles. The van der Waals surface area contributed by atoms with Crippen molar-refractivity contribution in [1.29, 1.82) is 0 Å². The molecule has 1 aromatic heterocycles. The van der Waals surface area contributed by atoms with E-state index in [2.05, 4.69) is 10.1 Å². The van der Waals surface area contributed by atoms with Gasteiger partial charge in [0, 0.05) is 5.56 Å². The predicted molar refractivity (Wildman–Crippen MR) is 72.8 cm³/mol. The summed E-state index contributed by atoms with van der Waals surface area (Å²) in [6.45, 7) is 3.42. The van der Waals surface area contributed by atoms with Gasteiger partial charge < -0.3 is 14.5 Å². The molecule has 0 unspecified atom stereocenters. The van der Waals surface area contributed by atoms with Crippen molar-refractivity contribution in [3.8, 4) is 16.9 Å². The van der Waals surface area contributed by atoms with E-state index in [0.717, 1.165) is 18.5 Å². The third-order valence-electron chi connectivity index (χ3n) is 2.84. The van der Waals surface area contributed by atoms with E-state index >= 15 is 0 Å². The normalized spacial score (nSPS) is 11.6. The third kappa shape index (κ3) is 4.53. The summed E-state index contributed by atoms with van der Waals surface area (Å²) in [6.07, 6.45) is -2.18. The van der Waals surface area contributed by atoms with Gasteiger partial charge in [0.15, 0.2) is 0 Å². The summed E-state index contributed by atoms with van der Waals surface area (Å²) in [5.74, 6) is 0.446. The Hall–Kier alpha value is -1.95. The number of ether oxygens (including phenoxy) is 1. The van der Waals surface area contributed by atoms with Crippen LogP contribution in [0.15, 0.2) is 41.0 Å². The quantitative estimate of drug-likeness (QED) is 0.805. The van der Waals surface area contributed by atoms with E-state index in [9.17, 15) is 13.2 Å². The molecule has 0 bridgehead atoms. The van der Waals surface area contributed by atoms with Crippen LogP contribution in [-0.2, 0) is 6.54 Å². The highest BCUT2D eigenvalue weighted by atomic mass is 19.4. The molecule has 0 saturated heterocycles. The molecule has 21 heavy (non-hydrogen) atoms. The molecule has 0 saturated carbocycles. The lowest BCUT2D eigenvalue weighted by atomic mass is 10.1. The smallest absolute Gasteiger partial charge is 0.467 e. The Kier molecular flexibility index (Phi) is 4.90. The molecule has 6 heteroatoms. The molecule has 0 spiro atoms. The zero-order valence-electron chi connectivity index (χ0n) is 11.5. The van der Waals surface area contributed by atoms with Gasteiger partial charge in [0.2, 0.25) is 0 Å². The molecule has 1 N–H and O–H groups in total. The lowest BCUT2D eigenvalue weighted by Crippen LogP contribution is -2.17. The Morgan fingerprint density at radius 1 is 1.24 bits per heavy atom. The first-order valence-corrected chi connectivity index (χ1v) is 6.63. The summed E-state index contributed by atoms with van der Waals surface area (Å²) in [4.78, 5) is 0. The molecule has 0 fully saturated rings. The number of furan rings is 1. The first kappa shape index (κ1) is 15.4. The van der Waals surface area contributed by atoms with Gasteiger partial charge in [0.1, 0.15) is 11.5 Å². The number of hydrogen-bond donors (Lipinski definition) is 1. The maximum Gasteiger partial charge on any atom is 0.573 e. The van der Waals surface area contributed by atoms with Crippen LogP contribution < -0.4 is 10.1 Å². The highest BCUT2D eigenvalue weighted by Gasteiger charge is 2.31. The van der Waals surface area contributed by atoms with E-state index in [1.54, 1.807) is 12.1 Å². The summed E-state index contributed by atoms with van der Waals surface area (Å²) in [6, 6.07) is 7.59. The van der Waals surface area contributed by atoms with Crippen LogP contribution in [0, 0.1) is 0 Å². The Bertz CT molecular complexity index is 578. The average molecular weight is 299 g/mol. The first-order chi connectivity index (χ1) is 9.99. The van der Waals surface area contributed by atoms with Gasteiger partial charge in [-0.25, -0.2) is 0 Å². The Morgan fingerprint density at radius 2 is 2.05 bits per heavy atom. The summed E-state index contributed by atoms with van der Waals surface area (Å²) in [7, 11) is 0. The van der Waals surface area contributed by atoms with Crippen molar-refractivity contribution < 1.29 is 22.3 Å². The summed E-state index contributed by atoms with van der Waals surface area (Å²) in [5.41, 5.74) is 1.38. The molecule has 3 nitrogen and oxygen atoms in total. The fraction of sp³-hybridized carbons (Fsp3) is 0.333. The largest absolute Gasteiger partial charge is 0.573 e. The summed E-state index contributed by atoms with van der Waals surface area (Å²) >= 11 is 0. The second-order valence-corrected chi connectivity index (χ2v) is 4.51. The zero-order valence-corrected chi connectivity index (χ0v) is 11.5. The number of benzene rings is 1. The molecule has 0 aliphatic carbocycles. The predicted octanol–water partition coefficient (Wildman–Crippen LogP) is 4.34. The zero-order chi connectivity index (χ0) is 15.3. The second-order valence-electron chi connectivity index (χ2n) is 4.51. The van der Waals surface area contributed by atoms with Crippen LogP contribution in [0.25, 0.3) is 11.1 Å². The molecule has 1 aromatic carbocycles. The van der Waals surface area contributed by atoms with Crippen LogP contribution in [0.5, 0.6) is 5.75 Å². The first-order valence-electron chi connectivity index (χ1n) is 6.63. The van der Waals surface area contributed by atoms with Crippen molar-refractivity contribution in [2.45, 2.75) is 26.3 Å². The van der Waals surface area contributed by atoms with Gasteiger partial charge in [-0.2, -0.15) is 0 Å². The van der Waals surface area contributed by atoms with E-state index in [1.807, 2.05) is 6.92 Å². The Balaban J connectivity index is 2.18. The van der Waals surface area contributed by atoms with Crippen LogP contribution in [0.2, 0.25) is 0 Å². The second kappa shape index (κ2) is 6.67. The average Bonchev–Trinajstić information content (AvgIpc) is 2.86. The number of alkyl halides is 3. The van der Waals surface area contributed by atoms with Crippen LogP contribution in [0.4, 0.5) is 13.2 Å². The Labute approximate surface area is 120 Å². The van der Waals surface area contributed by atoms with Crippen LogP contribution in [-0.4, -0.2) is 12.9 Å². The maximum absolute atomic E-state index is 12.2. The minimum absolute atomic E-state index is 0.242. The summed E-state index contributed by atoms with van der Waals surface area (Å²) in [5, 5.41) is 3.20. The van der Waals surface area contributed by atoms with E-state index in [0.29, 0.717) is 17.9 Å². The third-order valence-corrected chi connectivity index (χ3v) is 2.84. The number of rotatable bonds is 6. The number of halogens is 3. The molecular formula is C15H16F3NO2. The molecule has 2 rings (SSSR count). The fourth-order valence-corrected chi connectivity index (χ4v) is 1.97. The molecule has 0 radical (unpaired) electrons. The van der Waals surface area contributed by atoms with Crippen molar-refractivity contribution in [2.75, 3.05) is 6.54 Å². The molecule has 1 heterocycles. The maximum atomic E-state index is 12.2. The molecule has 0 aliphatic rings. The molecule has 2 aromatic rings. The van der Waals surface area contributed by atoms with E-state index in [1.165, 1.54) is 24.5 Å². The monoisotopic (exact) mass is 299 g/mol. The van der Waals surface area contributed by atoms with Crippen molar-refractivity contribution in [3.05, 3.63) is 42.4 Å². The minimum Gasteiger partial charge on any atom is -0.467 e. The summed E-state index contributed by atoms with van der Waals surface area (Å²) < 4.78 is 46.1. The highest BCUT2D eigenvalue weighted by Crippen LogP contribution is 2.30. The van der Waals surface area contributed by atoms with Gasteiger partial charge in [-0.1, -0.05) is 19.1 Å². The van der Waals surface area contributed by atoms with E-state index < -0.39 is 6.36 Å². The number of nitrogens with one attached hydrogen (secondary N) is 1. The Morgan fingerprint density at radius 3 is 2.76 bits per heavy atom. The fourth-order valence-electron chi connectivity index (χ4n) is 1.97.